The van der Waals surface area contributed by atoms with E-state index in [1.807, 2.05) is 18.2 Å². The summed E-state index contributed by atoms with van der Waals surface area (Å²) in [7, 11) is 0. The number of thiazole rings is 1. The molecule has 2 heterocycles. The Bertz CT molecular complexity index is 661. The second-order valence-electron chi connectivity index (χ2n) is 4.19. The zero-order valence-corrected chi connectivity index (χ0v) is 10.5. The van der Waals surface area contributed by atoms with Crippen molar-refractivity contribution in [1.82, 2.24) is 4.98 Å². The first kappa shape index (κ1) is 11.1. The molecule has 1 aromatic carbocycles. The minimum atomic E-state index is -0.0319. The minimum absolute atomic E-state index is 0.0192. The first-order valence-corrected chi connectivity index (χ1v) is 6.41. The number of hydrogen-bond acceptors (Lipinski definition) is 4. The van der Waals surface area contributed by atoms with E-state index in [0.29, 0.717) is 12.1 Å². The van der Waals surface area contributed by atoms with Crippen LogP contribution in [0.4, 0.5) is 5.69 Å². The van der Waals surface area contributed by atoms with E-state index >= 15 is 0 Å². The Kier molecular flexibility index (Phi) is 2.48. The topological polar surface area (TPSA) is 59.1 Å². The number of ketones is 1. The van der Waals surface area contributed by atoms with Gasteiger partial charge in [-0.3, -0.25) is 9.59 Å². The molecule has 0 bridgehead atoms. The molecule has 0 fully saturated rings. The third kappa shape index (κ3) is 1.82. The second-order valence-corrected chi connectivity index (χ2v) is 5.05. The predicted molar refractivity (Wildman–Crippen MR) is 69.9 cm³/mol. The van der Waals surface area contributed by atoms with Crippen molar-refractivity contribution in [3.05, 3.63) is 34.8 Å². The lowest BCUT2D eigenvalue weighted by molar-refractivity contribution is -0.115. The van der Waals surface area contributed by atoms with Crippen molar-refractivity contribution in [2.24, 2.45) is 0 Å². The molecule has 1 aliphatic heterocycles. The Morgan fingerprint density at radius 3 is 3.00 bits per heavy atom. The Hall–Kier alpha value is -2.01. The number of benzene rings is 1. The van der Waals surface area contributed by atoms with E-state index in [9.17, 15) is 9.59 Å². The van der Waals surface area contributed by atoms with E-state index in [4.69, 9.17) is 0 Å². The monoisotopic (exact) mass is 258 g/mol. The number of Topliss-reactive ketones (excluding diaryl/α,β-unsaturated/α-hetero) is 1. The lowest BCUT2D eigenvalue weighted by Gasteiger charge is -2.00. The van der Waals surface area contributed by atoms with E-state index in [1.54, 1.807) is 5.38 Å². The van der Waals surface area contributed by atoms with Gasteiger partial charge in [0.05, 0.1) is 6.42 Å². The van der Waals surface area contributed by atoms with Crippen LogP contribution in [-0.4, -0.2) is 16.7 Å². The molecular weight excluding hydrogens is 248 g/mol. The fourth-order valence-corrected chi connectivity index (χ4v) is 2.79. The third-order valence-electron chi connectivity index (χ3n) is 2.84. The van der Waals surface area contributed by atoms with Crippen LogP contribution >= 0.6 is 11.3 Å². The molecule has 4 nitrogen and oxygen atoms in total. The van der Waals surface area contributed by atoms with Crippen LogP contribution in [0.1, 0.15) is 23.0 Å². The van der Waals surface area contributed by atoms with Gasteiger partial charge in [-0.05, 0) is 23.8 Å². The molecule has 5 heteroatoms. The van der Waals surface area contributed by atoms with Crippen LogP contribution in [0.2, 0.25) is 0 Å². The van der Waals surface area contributed by atoms with Gasteiger partial charge in [-0.25, -0.2) is 4.98 Å². The van der Waals surface area contributed by atoms with E-state index in [2.05, 4.69) is 10.3 Å². The zero-order valence-electron chi connectivity index (χ0n) is 9.69. The van der Waals surface area contributed by atoms with Gasteiger partial charge in [-0.2, -0.15) is 0 Å². The summed E-state index contributed by atoms with van der Waals surface area (Å²) in [6, 6.07) is 5.74. The molecule has 0 radical (unpaired) electrons. The Balaban J connectivity index is 2.00. The van der Waals surface area contributed by atoms with Crippen molar-refractivity contribution < 1.29 is 9.59 Å². The molecule has 0 saturated carbocycles. The number of nitrogens with one attached hydrogen (secondary N) is 1. The van der Waals surface area contributed by atoms with Gasteiger partial charge in [-0.1, -0.05) is 0 Å². The molecule has 1 aromatic heterocycles. The lowest BCUT2D eigenvalue weighted by atomic mass is 10.1. The molecular formula is C13H10N2O2S. The number of amides is 1. The van der Waals surface area contributed by atoms with Crippen LogP contribution in [0.25, 0.3) is 10.6 Å². The van der Waals surface area contributed by atoms with Crippen molar-refractivity contribution in [3.8, 4) is 10.6 Å². The van der Waals surface area contributed by atoms with E-state index < -0.39 is 0 Å². The number of hydrogen-bond donors (Lipinski definition) is 1. The van der Waals surface area contributed by atoms with Crippen molar-refractivity contribution in [3.63, 3.8) is 0 Å². The Labute approximate surface area is 108 Å². The molecule has 90 valence electrons. The summed E-state index contributed by atoms with van der Waals surface area (Å²) in [5.74, 6) is -0.0128. The number of rotatable bonds is 2. The molecule has 18 heavy (non-hydrogen) atoms. The molecule has 0 unspecified atom stereocenters. The first-order valence-electron chi connectivity index (χ1n) is 5.53. The van der Waals surface area contributed by atoms with Crippen molar-refractivity contribution >= 4 is 28.7 Å². The number of aromatic nitrogens is 1. The van der Waals surface area contributed by atoms with Crippen LogP contribution in [0.15, 0.2) is 23.6 Å². The van der Waals surface area contributed by atoms with Gasteiger partial charge < -0.3 is 5.32 Å². The van der Waals surface area contributed by atoms with Crippen LogP contribution in [0.5, 0.6) is 0 Å². The first-order chi connectivity index (χ1) is 8.63. The number of fused-ring (bicyclic) bond motifs is 1. The number of carbonyl (C=O) groups excluding carboxylic acids is 2. The number of anilines is 1. The van der Waals surface area contributed by atoms with Gasteiger partial charge in [-0.15, -0.1) is 11.3 Å². The molecule has 3 rings (SSSR count). The van der Waals surface area contributed by atoms with Gasteiger partial charge in [0.2, 0.25) is 5.91 Å². The van der Waals surface area contributed by atoms with Crippen molar-refractivity contribution in [2.75, 3.05) is 5.32 Å². The fraction of sp³-hybridized carbons (Fsp3) is 0.154. The summed E-state index contributed by atoms with van der Waals surface area (Å²) in [5, 5.41) is 5.36. The Morgan fingerprint density at radius 2 is 2.28 bits per heavy atom. The van der Waals surface area contributed by atoms with Crippen LogP contribution in [0.3, 0.4) is 0 Å². The molecule has 1 amide bonds. The highest BCUT2D eigenvalue weighted by molar-refractivity contribution is 7.13. The average molecular weight is 258 g/mol. The summed E-state index contributed by atoms with van der Waals surface area (Å²) in [5.41, 5.74) is 3.29. The molecule has 0 atom stereocenters. The van der Waals surface area contributed by atoms with Gasteiger partial charge in [0.1, 0.15) is 10.7 Å². The van der Waals surface area contributed by atoms with E-state index in [-0.39, 0.29) is 11.7 Å². The number of carbonyl (C=O) groups is 2. The highest BCUT2D eigenvalue weighted by Crippen LogP contribution is 2.30. The standard InChI is InChI=1S/C13H10N2O2S/c1-7(16)11-6-18-13(15-11)8-2-3-10-9(4-8)5-12(17)14-10/h2-4,6H,5H2,1H3,(H,14,17). The smallest absolute Gasteiger partial charge is 0.228 e. The van der Waals surface area contributed by atoms with Crippen LogP contribution < -0.4 is 5.32 Å². The third-order valence-corrected chi connectivity index (χ3v) is 3.73. The Morgan fingerprint density at radius 1 is 1.44 bits per heavy atom. The van der Waals surface area contributed by atoms with Gasteiger partial charge >= 0.3 is 0 Å². The maximum absolute atomic E-state index is 11.3. The normalized spacial score (nSPS) is 13.3. The highest BCUT2D eigenvalue weighted by Gasteiger charge is 2.18. The molecule has 0 saturated heterocycles. The highest BCUT2D eigenvalue weighted by atomic mass is 32.1. The largest absolute Gasteiger partial charge is 0.326 e. The summed E-state index contributed by atoms with van der Waals surface area (Å²) in [6.45, 7) is 1.50. The average Bonchev–Trinajstić information content (AvgIpc) is 2.91. The molecule has 1 N–H and O–H groups in total. The maximum atomic E-state index is 11.3. The van der Waals surface area contributed by atoms with Gasteiger partial charge in [0.25, 0.3) is 0 Å². The maximum Gasteiger partial charge on any atom is 0.228 e. The fourth-order valence-electron chi connectivity index (χ4n) is 1.93. The van der Waals surface area contributed by atoms with Crippen molar-refractivity contribution in [1.29, 1.82) is 0 Å². The van der Waals surface area contributed by atoms with Gasteiger partial charge in [0.15, 0.2) is 5.78 Å². The van der Waals surface area contributed by atoms with E-state index in [1.165, 1.54) is 18.3 Å². The van der Waals surface area contributed by atoms with Crippen LogP contribution in [0, 0.1) is 0 Å². The molecule has 0 aliphatic carbocycles. The van der Waals surface area contributed by atoms with E-state index in [0.717, 1.165) is 21.8 Å². The quantitative estimate of drug-likeness (QED) is 0.842. The summed E-state index contributed by atoms with van der Waals surface area (Å²) < 4.78 is 0. The zero-order chi connectivity index (χ0) is 12.7. The van der Waals surface area contributed by atoms with Crippen molar-refractivity contribution in [2.45, 2.75) is 13.3 Å². The van der Waals surface area contributed by atoms with Crippen LogP contribution in [-0.2, 0) is 11.2 Å². The summed E-state index contributed by atoms with van der Waals surface area (Å²) in [6.07, 6.45) is 0.411. The van der Waals surface area contributed by atoms with Gasteiger partial charge in [0, 0.05) is 23.6 Å². The molecule has 1 aliphatic rings. The predicted octanol–water partition coefficient (Wildman–Crippen LogP) is 2.51. The molecule has 0 spiro atoms. The summed E-state index contributed by atoms with van der Waals surface area (Å²) >= 11 is 1.44. The second kappa shape index (κ2) is 4.03. The minimum Gasteiger partial charge on any atom is -0.326 e. The summed E-state index contributed by atoms with van der Waals surface area (Å²) in [4.78, 5) is 26.8. The molecule has 2 aromatic rings. The SMILES string of the molecule is CC(=O)c1csc(-c2ccc3c(c2)CC(=O)N3)n1. The number of nitrogens with zero attached hydrogens (tertiary/aromatic N) is 1. The lowest BCUT2D eigenvalue weighted by Crippen LogP contribution is -2.03.